The topological polar surface area (TPSA) is 38.8 Å². The van der Waals surface area contributed by atoms with Crippen LogP contribution in [-0.2, 0) is 16.1 Å². The Kier molecular flexibility index (Phi) is 6.20. The molecule has 1 aliphatic heterocycles. The summed E-state index contributed by atoms with van der Waals surface area (Å²) in [6.07, 6.45) is 0.262. The van der Waals surface area contributed by atoms with E-state index < -0.39 is 7.92 Å². The fraction of sp³-hybridized carbons (Fsp3) is 0.240. The summed E-state index contributed by atoms with van der Waals surface area (Å²) in [5.74, 6) is 0. The molecule has 1 heterocycles. The highest BCUT2D eigenvalue weighted by atomic mass is 31.1. The Hall–Kier alpha value is -2.32. The number of ether oxygens (including phenoxy) is 2. The van der Waals surface area contributed by atoms with Gasteiger partial charge in [-0.05, 0) is 41.1 Å². The van der Waals surface area contributed by atoms with Crippen LogP contribution in [0, 0.1) is 13.8 Å². The van der Waals surface area contributed by atoms with E-state index in [0.29, 0.717) is 13.2 Å². The van der Waals surface area contributed by atoms with Crippen molar-refractivity contribution in [1.29, 1.82) is 0 Å². The molecule has 4 heteroatoms. The second-order valence-electron chi connectivity index (χ2n) is 7.39. The van der Waals surface area contributed by atoms with Gasteiger partial charge in [0.25, 0.3) is 0 Å². The highest BCUT2D eigenvalue weighted by Gasteiger charge is 2.26. The smallest absolute Gasteiger partial charge is 0.193 e. The van der Waals surface area contributed by atoms with Crippen LogP contribution in [0.1, 0.15) is 27.0 Å². The van der Waals surface area contributed by atoms with Gasteiger partial charge in [0.1, 0.15) is 6.10 Å². The Bertz CT molecular complexity index is 919. The Morgan fingerprint density at radius 1 is 0.966 bits per heavy atom. The summed E-state index contributed by atoms with van der Waals surface area (Å²) in [6.45, 7) is 6.02. The van der Waals surface area contributed by atoms with Crippen molar-refractivity contribution in [3.8, 4) is 0 Å². The maximum absolute atomic E-state index is 13.8. The van der Waals surface area contributed by atoms with E-state index >= 15 is 0 Å². The van der Waals surface area contributed by atoms with E-state index in [1.807, 2.05) is 50.2 Å². The molecule has 0 aliphatic carbocycles. The molecule has 3 nitrogen and oxygen atoms in total. The predicted molar refractivity (Wildman–Crippen MR) is 119 cm³/mol. The first-order valence-electron chi connectivity index (χ1n) is 9.87. The Morgan fingerprint density at radius 2 is 1.48 bits per heavy atom. The zero-order chi connectivity index (χ0) is 20.2. The van der Waals surface area contributed by atoms with Gasteiger partial charge in [0.2, 0.25) is 0 Å². The van der Waals surface area contributed by atoms with Crippen LogP contribution in [-0.4, -0.2) is 24.8 Å². The molecule has 1 aliphatic rings. The van der Waals surface area contributed by atoms with Crippen LogP contribution in [0.15, 0.2) is 72.8 Å². The molecule has 0 spiro atoms. The quantitative estimate of drug-likeness (QED) is 0.410. The molecule has 3 aromatic rings. The number of carbonyl (C=O) groups is 1. The van der Waals surface area contributed by atoms with E-state index in [9.17, 15) is 4.79 Å². The van der Waals surface area contributed by atoms with E-state index in [1.165, 1.54) is 0 Å². The van der Waals surface area contributed by atoms with E-state index in [1.54, 1.807) is 0 Å². The van der Waals surface area contributed by atoms with Gasteiger partial charge < -0.3 is 9.47 Å². The van der Waals surface area contributed by atoms with Crippen molar-refractivity contribution in [2.24, 2.45) is 0 Å². The third-order valence-corrected chi connectivity index (χ3v) is 7.27. The summed E-state index contributed by atoms with van der Waals surface area (Å²) in [4.78, 5) is 13.8. The molecular formula is C25H25O3P. The Morgan fingerprint density at radius 3 is 1.97 bits per heavy atom. The molecular weight excluding hydrogens is 379 g/mol. The standard InChI is InChI=1S/C25H25O3P/c1-18-13-20(15-27-16-21-17-28-21)14-19(2)24(18)25(26)29(22-9-5-3-6-10-22)23-11-7-4-8-12-23/h3-14,21H,15-17H2,1-2H3. The summed E-state index contributed by atoms with van der Waals surface area (Å²) in [6, 6.07) is 24.4. The zero-order valence-corrected chi connectivity index (χ0v) is 17.7. The molecule has 29 heavy (non-hydrogen) atoms. The second-order valence-corrected chi connectivity index (χ2v) is 9.50. The Balaban J connectivity index is 1.65. The molecule has 0 aromatic heterocycles. The number of aryl methyl sites for hydroxylation is 2. The fourth-order valence-electron chi connectivity index (χ4n) is 3.60. The summed E-state index contributed by atoms with van der Waals surface area (Å²) in [5, 5.41) is 2.16. The van der Waals surface area contributed by atoms with E-state index in [0.717, 1.165) is 39.5 Å². The van der Waals surface area contributed by atoms with Crippen LogP contribution in [0.5, 0.6) is 0 Å². The first-order chi connectivity index (χ1) is 14.1. The molecule has 148 valence electrons. The first kappa shape index (κ1) is 20.0. The maximum atomic E-state index is 13.8. The normalized spacial score (nSPS) is 15.5. The monoisotopic (exact) mass is 404 g/mol. The number of hydrogen-bond donors (Lipinski definition) is 0. The van der Waals surface area contributed by atoms with Gasteiger partial charge >= 0.3 is 0 Å². The van der Waals surface area contributed by atoms with E-state index in [4.69, 9.17) is 9.47 Å². The maximum Gasteiger partial charge on any atom is 0.193 e. The second kappa shape index (κ2) is 9.00. The molecule has 0 saturated carbocycles. The minimum Gasteiger partial charge on any atom is -0.374 e. The van der Waals surface area contributed by atoms with Gasteiger partial charge in [0.15, 0.2) is 5.52 Å². The van der Waals surface area contributed by atoms with Gasteiger partial charge in [0, 0.05) is 13.5 Å². The molecule has 4 rings (SSSR count). The summed E-state index contributed by atoms with van der Waals surface area (Å²) in [5.41, 5.74) is 4.15. The third-order valence-electron chi connectivity index (χ3n) is 5.01. The lowest BCUT2D eigenvalue weighted by Gasteiger charge is -2.20. The van der Waals surface area contributed by atoms with Gasteiger partial charge in [-0.3, -0.25) is 4.79 Å². The molecule has 1 saturated heterocycles. The van der Waals surface area contributed by atoms with Crippen molar-refractivity contribution in [2.75, 3.05) is 13.2 Å². The van der Waals surface area contributed by atoms with E-state index in [2.05, 4.69) is 36.4 Å². The lowest BCUT2D eigenvalue weighted by molar-refractivity contribution is 0.104. The average molecular weight is 404 g/mol. The van der Waals surface area contributed by atoms with Gasteiger partial charge in [-0.15, -0.1) is 0 Å². The largest absolute Gasteiger partial charge is 0.374 e. The predicted octanol–water partition coefficient (Wildman–Crippen LogP) is 4.49. The Labute approximate surface area is 173 Å². The zero-order valence-electron chi connectivity index (χ0n) is 16.8. The van der Waals surface area contributed by atoms with Crippen molar-refractivity contribution in [1.82, 2.24) is 0 Å². The first-order valence-corrected chi connectivity index (χ1v) is 11.2. The summed E-state index contributed by atoms with van der Waals surface area (Å²) < 4.78 is 10.9. The molecule has 3 aromatic carbocycles. The number of benzene rings is 3. The summed E-state index contributed by atoms with van der Waals surface area (Å²) >= 11 is 0. The van der Waals surface area contributed by atoms with Gasteiger partial charge in [-0.1, -0.05) is 72.8 Å². The lowest BCUT2D eigenvalue weighted by Crippen LogP contribution is -2.19. The third kappa shape index (κ3) is 4.82. The van der Waals surface area contributed by atoms with Crippen molar-refractivity contribution < 1.29 is 14.3 Å². The van der Waals surface area contributed by atoms with Crippen LogP contribution in [0.4, 0.5) is 0 Å². The molecule has 0 N–H and O–H groups in total. The minimum atomic E-state index is -1.13. The molecule has 1 unspecified atom stereocenters. The molecule has 1 fully saturated rings. The lowest BCUT2D eigenvalue weighted by atomic mass is 10.0. The highest BCUT2D eigenvalue weighted by Crippen LogP contribution is 2.39. The minimum absolute atomic E-state index is 0.200. The SMILES string of the molecule is Cc1cc(COCC2CO2)cc(C)c1C(=O)P(c1ccccc1)c1ccccc1. The van der Waals surface area contributed by atoms with Crippen LogP contribution < -0.4 is 10.6 Å². The van der Waals surface area contributed by atoms with Crippen LogP contribution in [0.2, 0.25) is 0 Å². The van der Waals surface area contributed by atoms with Crippen molar-refractivity contribution in [3.05, 3.63) is 95.1 Å². The van der Waals surface area contributed by atoms with Crippen molar-refractivity contribution >= 4 is 24.1 Å². The fourth-order valence-corrected chi connectivity index (χ4v) is 5.88. The van der Waals surface area contributed by atoms with E-state index in [-0.39, 0.29) is 11.6 Å². The number of carbonyl (C=O) groups excluding carboxylic acids is 1. The molecule has 1 atom stereocenters. The van der Waals surface area contributed by atoms with Gasteiger partial charge in [0.05, 0.1) is 19.8 Å². The van der Waals surface area contributed by atoms with Crippen LogP contribution >= 0.6 is 7.92 Å². The molecule has 0 amide bonds. The average Bonchev–Trinajstić information content (AvgIpc) is 3.54. The van der Waals surface area contributed by atoms with Crippen molar-refractivity contribution in [3.63, 3.8) is 0 Å². The van der Waals surface area contributed by atoms with Crippen molar-refractivity contribution in [2.45, 2.75) is 26.6 Å². The number of hydrogen-bond acceptors (Lipinski definition) is 3. The summed E-state index contributed by atoms with van der Waals surface area (Å²) in [7, 11) is -1.13. The molecule has 0 bridgehead atoms. The molecule has 0 radical (unpaired) electrons. The number of epoxide rings is 1. The highest BCUT2D eigenvalue weighted by molar-refractivity contribution is 7.88. The van der Waals surface area contributed by atoms with Gasteiger partial charge in [-0.2, -0.15) is 0 Å². The van der Waals surface area contributed by atoms with Gasteiger partial charge in [-0.25, -0.2) is 0 Å². The van der Waals surface area contributed by atoms with Crippen LogP contribution in [0.25, 0.3) is 0 Å². The van der Waals surface area contributed by atoms with Crippen LogP contribution in [0.3, 0.4) is 0 Å². The number of rotatable bonds is 8.